The fourth-order valence-corrected chi connectivity index (χ4v) is 2.29. The molecule has 118 valence electrons. The smallest absolute Gasteiger partial charge is 0.225 e. The van der Waals surface area contributed by atoms with E-state index in [4.69, 9.17) is 9.47 Å². The van der Waals surface area contributed by atoms with Gasteiger partial charge in [0, 0.05) is 17.7 Å². The van der Waals surface area contributed by atoms with Gasteiger partial charge in [0.15, 0.2) is 17.3 Å². The van der Waals surface area contributed by atoms with Crippen LogP contribution < -0.4 is 14.8 Å². The molecule has 0 saturated carbocycles. The van der Waals surface area contributed by atoms with Gasteiger partial charge in [-0.15, -0.1) is 0 Å². The van der Waals surface area contributed by atoms with Gasteiger partial charge in [0.1, 0.15) is 0 Å². The molecule has 22 heavy (non-hydrogen) atoms. The van der Waals surface area contributed by atoms with E-state index < -0.39 is 0 Å². The van der Waals surface area contributed by atoms with E-state index in [9.17, 15) is 4.79 Å². The molecule has 0 atom stereocenters. The maximum Gasteiger partial charge on any atom is 0.225 e. The topological polar surface area (TPSA) is 76.2 Å². The lowest BCUT2D eigenvalue weighted by molar-refractivity contribution is -0.116. The van der Waals surface area contributed by atoms with Crippen LogP contribution in [0.4, 0.5) is 5.82 Å². The second-order valence-electron chi connectivity index (χ2n) is 4.94. The van der Waals surface area contributed by atoms with Crippen molar-refractivity contribution in [3.05, 3.63) is 23.9 Å². The molecule has 2 N–H and O–H groups in total. The number of nitrogens with one attached hydrogen (secondary N) is 2. The van der Waals surface area contributed by atoms with E-state index in [2.05, 4.69) is 15.5 Å². The zero-order valence-corrected chi connectivity index (χ0v) is 13.3. The lowest BCUT2D eigenvalue weighted by Crippen LogP contribution is -2.11. The van der Waals surface area contributed by atoms with Crippen molar-refractivity contribution in [2.45, 2.75) is 26.7 Å². The molecule has 6 nitrogen and oxygen atoms in total. The SMILES string of the molecule is CCCC(=O)Nc1n[nH]c(C)c1-c1ccc(OC)c(OC)c1. The number of nitrogens with zero attached hydrogens (tertiary/aromatic N) is 1. The lowest BCUT2D eigenvalue weighted by atomic mass is 10.0. The minimum atomic E-state index is -0.0456. The Morgan fingerprint density at radius 1 is 1.27 bits per heavy atom. The average molecular weight is 303 g/mol. The van der Waals surface area contributed by atoms with Crippen LogP contribution in [0.2, 0.25) is 0 Å². The molecule has 2 rings (SSSR count). The first-order valence-corrected chi connectivity index (χ1v) is 7.17. The van der Waals surface area contributed by atoms with Crippen LogP contribution in [0.5, 0.6) is 11.5 Å². The Morgan fingerprint density at radius 3 is 2.64 bits per heavy atom. The van der Waals surface area contributed by atoms with Crippen LogP contribution in [-0.4, -0.2) is 30.3 Å². The molecule has 0 bridgehead atoms. The molecule has 1 aromatic carbocycles. The maximum atomic E-state index is 11.8. The predicted octanol–water partition coefficient (Wildman–Crippen LogP) is 3.14. The van der Waals surface area contributed by atoms with Crippen molar-refractivity contribution in [3.63, 3.8) is 0 Å². The van der Waals surface area contributed by atoms with E-state index in [1.54, 1.807) is 14.2 Å². The molecule has 2 aromatic rings. The van der Waals surface area contributed by atoms with Crippen molar-refractivity contribution in [2.24, 2.45) is 0 Å². The minimum Gasteiger partial charge on any atom is -0.493 e. The summed E-state index contributed by atoms with van der Waals surface area (Å²) in [5, 5.41) is 9.94. The first-order chi connectivity index (χ1) is 10.6. The van der Waals surface area contributed by atoms with Crippen molar-refractivity contribution in [3.8, 4) is 22.6 Å². The minimum absolute atomic E-state index is 0.0456. The number of aryl methyl sites for hydroxylation is 1. The van der Waals surface area contributed by atoms with Gasteiger partial charge in [0.25, 0.3) is 0 Å². The van der Waals surface area contributed by atoms with Crippen molar-refractivity contribution in [1.29, 1.82) is 0 Å². The number of aromatic amines is 1. The van der Waals surface area contributed by atoms with Gasteiger partial charge in [-0.1, -0.05) is 13.0 Å². The Kier molecular flexibility index (Phi) is 5.04. The highest BCUT2D eigenvalue weighted by Gasteiger charge is 2.16. The summed E-state index contributed by atoms with van der Waals surface area (Å²) in [5.74, 6) is 1.77. The Labute approximate surface area is 129 Å². The zero-order chi connectivity index (χ0) is 16.1. The average Bonchev–Trinajstić information content (AvgIpc) is 2.87. The quantitative estimate of drug-likeness (QED) is 0.859. The molecule has 1 aromatic heterocycles. The second kappa shape index (κ2) is 6.98. The number of hydrogen-bond donors (Lipinski definition) is 2. The van der Waals surface area contributed by atoms with Crippen LogP contribution in [0.1, 0.15) is 25.5 Å². The van der Waals surface area contributed by atoms with E-state index in [0.29, 0.717) is 23.7 Å². The molecule has 0 radical (unpaired) electrons. The van der Waals surface area contributed by atoms with Crippen molar-refractivity contribution >= 4 is 11.7 Å². The van der Waals surface area contributed by atoms with E-state index in [1.165, 1.54) is 0 Å². The van der Waals surface area contributed by atoms with Crippen LogP contribution >= 0.6 is 0 Å². The highest BCUT2D eigenvalue weighted by Crippen LogP contribution is 2.36. The molecule has 0 aliphatic rings. The Balaban J connectivity index is 2.40. The van der Waals surface area contributed by atoms with Crippen LogP contribution in [0.15, 0.2) is 18.2 Å². The summed E-state index contributed by atoms with van der Waals surface area (Å²) in [4.78, 5) is 11.8. The summed E-state index contributed by atoms with van der Waals surface area (Å²) in [7, 11) is 3.19. The fourth-order valence-electron chi connectivity index (χ4n) is 2.29. The molecule has 1 heterocycles. The first-order valence-electron chi connectivity index (χ1n) is 7.17. The monoisotopic (exact) mass is 303 g/mol. The second-order valence-corrected chi connectivity index (χ2v) is 4.94. The zero-order valence-electron chi connectivity index (χ0n) is 13.3. The fraction of sp³-hybridized carbons (Fsp3) is 0.375. The van der Waals surface area contributed by atoms with Gasteiger partial charge in [-0.3, -0.25) is 9.89 Å². The van der Waals surface area contributed by atoms with Crippen LogP contribution in [0, 0.1) is 6.92 Å². The normalized spacial score (nSPS) is 10.4. The van der Waals surface area contributed by atoms with Gasteiger partial charge >= 0.3 is 0 Å². The molecule has 0 unspecified atom stereocenters. The number of aromatic nitrogens is 2. The number of rotatable bonds is 6. The third-order valence-electron chi connectivity index (χ3n) is 3.35. The van der Waals surface area contributed by atoms with Crippen LogP contribution in [0.25, 0.3) is 11.1 Å². The molecular weight excluding hydrogens is 282 g/mol. The van der Waals surface area contributed by atoms with Gasteiger partial charge in [0.2, 0.25) is 5.91 Å². The summed E-state index contributed by atoms with van der Waals surface area (Å²) in [6, 6.07) is 5.61. The summed E-state index contributed by atoms with van der Waals surface area (Å²) in [5.41, 5.74) is 2.63. The van der Waals surface area contributed by atoms with Gasteiger partial charge in [-0.05, 0) is 31.0 Å². The van der Waals surface area contributed by atoms with Gasteiger partial charge in [-0.25, -0.2) is 0 Å². The lowest BCUT2D eigenvalue weighted by Gasteiger charge is -2.11. The number of benzene rings is 1. The van der Waals surface area contributed by atoms with E-state index in [-0.39, 0.29) is 5.91 Å². The third kappa shape index (κ3) is 3.21. The Morgan fingerprint density at radius 2 is 2.00 bits per heavy atom. The Bertz CT molecular complexity index is 665. The number of ether oxygens (including phenoxy) is 2. The molecule has 0 saturated heterocycles. The predicted molar refractivity (Wildman–Crippen MR) is 85.4 cm³/mol. The summed E-state index contributed by atoms with van der Waals surface area (Å²) in [6.07, 6.45) is 1.26. The van der Waals surface area contributed by atoms with E-state index >= 15 is 0 Å². The number of methoxy groups -OCH3 is 2. The largest absolute Gasteiger partial charge is 0.493 e. The van der Waals surface area contributed by atoms with Gasteiger partial charge in [0.05, 0.1) is 14.2 Å². The highest BCUT2D eigenvalue weighted by molar-refractivity contribution is 5.94. The van der Waals surface area contributed by atoms with Crippen LogP contribution in [-0.2, 0) is 4.79 Å². The first kappa shape index (κ1) is 15.9. The van der Waals surface area contributed by atoms with E-state index in [1.807, 2.05) is 32.0 Å². The summed E-state index contributed by atoms with van der Waals surface area (Å²) in [6.45, 7) is 3.87. The number of anilines is 1. The van der Waals surface area contributed by atoms with E-state index in [0.717, 1.165) is 23.2 Å². The molecule has 0 fully saturated rings. The number of hydrogen-bond acceptors (Lipinski definition) is 4. The van der Waals surface area contributed by atoms with Crippen molar-refractivity contribution in [1.82, 2.24) is 10.2 Å². The van der Waals surface area contributed by atoms with Gasteiger partial charge < -0.3 is 14.8 Å². The van der Waals surface area contributed by atoms with Crippen molar-refractivity contribution < 1.29 is 14.3 Å². The molecular formula is C16H21N3O3. The highest BCUT2D eigenvalue weighted by atomic mass is 16.5. The maximum absolute atomic E-state index is 11.8. The standard InChI is InChI=1S/C16H21N3O3/c1-5-6-14(20)17-16-15(10(2)18-19-16)11-7-8-12(21-3)13(9-11)22-4/h7-9H,5-6H2,1-4H3,(H2,17,18,19,20). The van der Waals surface area contributed by atoms with Gasteiger partial charge in [-0.2, -0.15) is 5.10 Å². The summed E-state index contributed by atoms with van der Waals surface area (Å²) < 4.78 is 10.6. The van der Waals surface area contributed by atoms with Crippen LogP contribution in [0.3, 0.4) is 0 Å². The number of carbonyl (C=O) groups is 1. The molecule has 0 aliphatic carbocycles. The molecule has 6 heteroatoms. The number of amides is 1. The number of carbonyl (C=O) groups excluding carboxylic acids is 1. The third-order valence-corrected chi connectivity index (χ3v) is 3.35. The Hall–Kier alpha value is -2.50. The number of H-pyrrole nitrogens is 1. The summed E-state index contributed by atoms with van der Waals surface area (Å²) >= 11 is 0. The van der Waals surface area contributed by atoms with Crippen molar-refractivity contribution in [2.75, 3.05) is 19.5 Å². The molecule has 0 spiro atoms. The molecule has 0 aliphatic heterocycles. The molecule has 1 amide bonds.